The summed E-state index contributed by atoms with van der Waals surface area (Å²) in [5, 5.41) is 34.7. The van der Waals surface area contributed by atoms with Gasteiger partial charge in [-0.05, 0) is 62.6 Å². The molecule has 33 heavy (non-hydrogen) atoms. The van der Waals surface area contributed by atoms with Crippen molar-refractivity contribution in [1.29, 1.82) is 0 Å². The first kappa shape index (κ1) is 26.7. The van der Waals surface area contributed by atoms with E-state index < -0.39 is 17.7 Å². The first-order valence-electron chi connectivity index (χ1n) is 10.8. The molecule has 2 aromatic carbocycles. The molecule has 0 heterocycles. The van der Waals surface area contributed by atoms with E-state index in [0.717, 1.165) is 6.07 Å². The van der Waals surface area contributed by atoms with Gasteiger partial charge in [-0.25, -0.2) is 14.2 Å². The minimum absolute atomic E-state index is 0.00605. The van der Waals surface area contributed by atoms with Gasteiger partial charge in [-0.2, -0.15) is 0 Å². The Morgan fingerprint density at radius 2 is 1.82 bits per heavy atom. The zero-order chi connectivity index (χ0) is 24.6. The predicted octanol–water partition coefficient (Wildman–Crippen LogP) is 3.01. The highest BCUT2D eigenvalue weighted by atomic mass is 19.1. The number of amidine groups is 1. The summed E-state index contributed by atoms with van der Waals surface area (Å²) in [4.78, 5) is 4.43. The summed E-state index contributed by atoms with van der Waals surface area (Å²) in [5.41, 5.74) is 4.18. The summed E-state index contributed by atoms with van der Waals surface area (Å²) < 4.78 is 26.7. The number of phenols is 1. The number of aromatic hydroxyl groups is 1. The Kier molecular flexibility index (Phi) is 9.72. The summed E-state index contributed by atoms with van der Waals surface area (Å²) in [6, 6.07) is 8.03. The van der Waals surface area contributed by atoms with Crippen LogP contribution in [0.3, 0.4) is 0 Å². The number of β-amino-alcohol motifs (C(OH)–C–C–N with tert-alkyl or cyclic N) is 1. The molecule has 1 atom stereocenters. The highest BCUT2D eigenvalue weighted by Crippen LogP contribution is 2.23. The third-order valence-electron chi connectivity index (χ3n) is 5.47. The molecule has 0 radical (unpaired) electrons. The highest BCUT2D eigenvalue weighted by molar-refractivity contribution is 5.79. The van der Waals surface area contributed by atoms with Crippen molar-refractivity contribution in [3.63, 3.8) is 0 Å². The van der Waals surface area contributed by atoms with Gasteiger partial charge in [0.1, 0.15) is 23.2 Å². The molecule has 9 heteroatoms. The Hall–Kier alpha value is -2.59. The number of aliphatic imine (C=N–C) groups is 1. The van der Waals surface area contributed by atoms with Crippen LogP contribution in [0.5, 0.6) is 5.75 Å². The Balaban J connectivity index is 1.90. The lowest BCUT2D eigenvalue weighted by atomic mass is 9.99. The Morgan fingerprint density at radius 1 is 1.15 bits per heavy atom. The summed E-state index contributed by atoms with van der Waals surface area (Å²) in [6.45, 7) is 6.61. The molecule has 7 nitrogen and oxygen atoms in total. The van der Waals surface area contributed by atoms with Crippen LogP contribution in [0.15, 0.2) is 41.4 Å². The highest BCUT2D eigenvalue weighted by Gasteiger charge is 2.21. The summed E-state index contributed by atoms with van der Waals surface area (Å²) in [7, 11) is 1.77. The number of halogens is 2. The molecule has 0 aromatic heterocycles. The van der Waals surface area contributed by atoms with E-state index in [1.807, 2.05) is 25.8 Å². The maximum atomic E-state index is 13.4. The van der Waals surface area contributed by atoms with Crippen LogP contribution in [-0.4, -0.2) is 51.8 Å². The third-order valence-corrected chi connectivity index (χ3v) is 5.47. The minimum atomic E-state index is -0.800. The molecule has 5 N–H and O–H groups in total. The number of benzene rings is 2. The molecule has 0 spiro atoms. The van der Waals surface area contributed by atoms with E-state index in [0.29, 0.717) is 42.0 Å². The van der Waals surface area contributed by atoms with Crippen molar-refractivity contribution >= 4 is 5.84 Å². The van der Waals surface area contributed by atoms with E-state index in [1.54, 1.807) is 19.2 Å². The topological polar surface area (TPSA) is 100 Å². The fourth-order valence-corrected chi connectivity index (χ4v) is 3.34. The number of rotatable bonds is 11. The Morgan fingerprint density at radius 3 is 2.42 bits per heavy atom. The smallest absolute Gasteiger partial charge is 0.126 e. The monoisotopic (exact) mass is 464 g/mol. The first-order chi connectivity index (χ1) is 15.5. The van der Waals surface area contributed by atoms with Crippen molar-refractivity contribution in [1.82, 2.24) is 15.8 Å². The molecule has 0 bridgehead atoms. The van der Waals surface area contributed by atoms with E-state index in [9.17, 15) is 24.1 Å². The van der Waals surface area contributed by atoms with E-state index >= 15 is 0 Å². The first-order valence-corrected chi connectivity index (χ1v) is 10.8. The second-order valence-electron chi connectivity index (χ2n) is 8.59. The van der Waals surface area contributed by atoms with Gasteiger partial charge in [0, 0.05) is 37.3 Å². The SMILES string of the molecule is CNN(CCC(C)(C)NCC(O)c1ccc(O)c(CO)c1)C(C)=NCc1cc(F)cc(F)c1. The third kappa shape index (κ3) is 8.36. The van der Waals surface area contributed by atoms with E-state index in [1.165, 1.54) is 18.2 Å². The van der Waals surface area contributed by atoms with Gasteiger partial charge in [0.2, 0.25) is 0 Å². The number of aliphatic hydroxyl groups is 2. The van der Waals surface area contributed by atoms with Gasteiger partial charge < -0.3 is 20.6 Å². The number of hydrazine groups is 1. The molecule has 1 unspecified atom stereocenters. The number of hydrogen-bond acceptors (Lipinski definition) is 6. The lowest BCUT2D eigenvalue weighted by Gasteiger charge is -2.31. The number of aliphatic hydroxyl groups excluding tert-OH is 2. The fraction of sp³-hybridized carbons (Fsp3) is 0.458. The number of nitrogens with one attached hydrogen (secondary N) is 2. The van der Waals surface area contributed by atoms with Gasteiger partial charge in [-0.3, -0.25) is 10.0 Å². The molecule has 2 aromatic rings. The Bertz CT molecular complexity index is 933. The van der Waals surface area contributed by atoms with Crippen molar-refractivity contribution in [2.75, 3.05) is 20.1 Å². The lowest BCUT2D eigenvalue weighted by molar-refractivity contribution is 0.155. The van der Waals surface area contributed by atoms with Crippen LogP contribution in [0.4, 0.5) is 8.78 Å². The molecular formula is C24H34F2N4O3. The van der Waals surface area contributed by atoms with Gasteiger partial charge >= 0.3 is 0 Å². The maximum Gasteiger partial charge on any atom is 0.126 e. The lowest BCUT2D eigenvalue weighted by Crippen LogP contribution is -2.47. The quantitative estimate of drug-likeness (QED) is 0.199. The van der Waals surface area contributed by atoms with Crippen molar-refractivity contribution in [3.8, 4) is 5.75 Å². The van der Waals surface area contributed by atoms with Crippen molar-refractivity contribution in [2.24, 2.45) is 4.99 Å². The summed E-state index contributed by atoms with van der Waals surface area (Å²) in [6.07, 6.45) is -0.0926. The van der Waals surface area contributed by atoms with Crippen LogP contribution in [0.1, 0.15) is 50.0 Å². The van der Waals surface area contributed by atoms with Gasteiger partial charge in [-0.1, -0.05) is 6.07 Å². The molecule has 0 amide bonds. The predicted molar refractivity (Wildman–Crippen MR) is 125 cm³/mol. The molecule has 0 aliphatic rings. The normalized spacial score (nSPS) is 13.3. The molecule has 0 saturated carbocycles. The summed E-state index contributed by atoms with van der Waals surface area (Å²) >= 11 is 0. The Labute approximate surface area is 193 Å². The molecule has 0 saturated heterocycles. The van der Waals surface area contributed by atoms with Crippen LogP contribution in [0.2, 0.25) is 0 Å². The van der Waals surface area contributed by atoms with Gasteiger partial charge in [-0.15, -0.1) is 0 Å². The van der Waals surface area contributed by atoms with Gasteiger partial charge in [0.25, 0.3) is 0 Å². The zero-order valence-corrected chi connectivity index (χ0v) is 19.6. The van der Waals surface area contributed by atoms with E-state index in [-0.39, 0.29) is 24.4 Å². The largest absolute Gasteiger partial charge is 0.508 e. The second kappa shape index (κ2) is 12.0. The number of nitrogens with zero attached hydrogens (tertiary/aromatic N) is 2. The second-order valence-corrected chi connectivity index (χ2v) is 8.59. The van der Waals surface area contributed by atoms with Crippen molar-refractivity contribution < 1.29 is 24.1 Å². The minimum Gasteiger partial charge on any atom is -0.508 e. The van der Waals surface area contributed by atoms with Crippen LogP contribution in [0, 0.1) is 11.6 Å². The van der Waals surface area contributed by atoms with Crippen LogP contribution < -0.4 is 10.7 Å². The zero-order valence-electron chi connectivity index (χ0n) is 19.6. The maximum absolute atomic E-state index is 13.4. The van der Waals surface area contributed by atoms with Crippen LogP contribution >= 0.6 is 0 Å². The van der Waals surface area contributed by atoms with Crippen LogP contribution in [-0.2, 0) is 13.2 Å². The van der Waals surface area contributed by atoms with Crippen molar-refractivity contribution in [3.05, 3.63) is 64.7 Å². The average Bonchev–Trinajstić information content (AvgIpc) is 2.76. The molecule has 0 fully saturated rings. The molecule has 0 aliphatic carbocycles. The molecular weight excluding hydrogens is 430 g/mol. The van der Waals surface area contributed by atoms with Gasteiger partial charge in [0.05, 0.1) is 19.3 Å². The fourth-order valence-electron chi connectivity index (χ4n) is 3.34. The molecule has 2 rings (SSSR count). The van der Waals surface area contributed by atoms with Crippen LogP contribution in [0.25, 0.3) is 0 Å². The molecule has 182 valence electrons. The van der Waals surface area contributed by atoms with Crippen molar-refractivity contribution in [2.45, 2.75) is 52.0 Å². The standard InChI is InChI=1S/C24H34F2N4O3/c1-16(28-13-17-9-20(25)12-21(26)10-17)30(27-4)8-7-24(2,3)29-14-23(33)18-5-6-22(32)19(11-18)15-31/h5-6,9-12,23,27,29,31-33H,7-8,13-15H2,1-4H3. The van der Waals surface area contributed by atoms with E-state index in [2.05, 4.69) is 15.7 Å². The van der Waals surface area contributed by atoms with Gasteiger partial charge in [0.15, 0.2) is 0 Å². The van der Waals surface area contributed by atoms with E-state index in [4.69, 9.17) is 0 Å². The summed E-state index contributed by atoms with van der Waals surface area (Å²) in [5.74, 6) is -0.580. The number of hydrogen-bond donors (Lipinski definition) is 5. The average molecular weight is 465 g/mol. The molecule has 0 aliphatic heterocycles.